The minimum atomic E-state index is -0.496. The first-order valence-electron chi connectivity index (χ1n) is 9.91. The second-order valence-corrected chi connectivity index (χ2v) is 6.84. The number of aliphatic imine (C=N–C) groups is 2. The van der Waals surface area contributed by atoms with Crippen molar-refractivity contribution in [2.45, 2.75) is 19.3 Å². The Balaban J connectivity index is 1.66. The summed E-state index contributed by atoms with van der Waals surface area (Å²) in [5, 5.41) is 15.4. The summed E-state index contributed by atoms with van der Waals surface area (Å²) in [5.41, 5.74) is 2.51. The van der Waals surface area contributed by atoms with Gasteiger partial charge in [0.05, 0.1) is 30.3 Å². The van der Waals surface area contributed by atoms with Crippen molar-refractivity contribution in [1.82, 2.24) is 0 Å². The third-order valence-corrected chi connectivity index (χ3v) is 4.67. The first-order valence-corrected chi connectivity index (χ1v) is 9.91. The van der Waals surface area contributed by atoms with Crippen LogP contribution in [0.5, 0.6) is 0 Å². The number of hydrogen-bond donors (Lipinski definition) is 2. The number of nitrogens with zero attached hydrogens (tertiary/aromatic N) is 2. The van der Waals surface area contributed by atoms with Crippen molar-refractivity contribution >= 4 is 46.6 Å². The Kier molecular flexibility index (Phi) is 7.84. The largest absolute Gasteiger partial charge is 0.377 e. The van der Waals surface area contributed by atoms with Gasteiger partial charge in [0.15, 0.2) is 5.78 Å². The van der Waals surface area contributed by atoms with Gasteiger partial charge in [0.25, 0.3) is 0 Å². The van der Waals surface area contributed by atoms with E-state index in [4.69, 9.17) is 15.6 Å². The molecule has 1 aliphatic rings. The van der Waals surface area contributed by atoms with Crippen molar-refractivity contribution < 1.29 is 13.9 Å². The van der Waals surface area contributed by atoms with Crippen LogP contribution in [-0.2, 0) is 9.53 Å². The molecule has 2 N–H and O–H groups in total. The Bertz CT molecular complexity index is 1060. The molecule has 7 heteroatoms. The van der Waals surface area contributed by atoms with E-state index in [1.165, 1.54) is 12.3 Å². The number of ketones is 1. The number of ether oxygens (including phenoxy) is 1. The van der Waals surface area contributed by atoms with Crippen LogP contribution in [0.2, 0.25) is 0 Å². The quantitative estimate of drug-likeness (QED) is 0.552. The summed E-state index contributed by atoms with van der Waals surface area (Å²) in [6.07, 6.45) is 4.99. The van der Waals surface area contributed by atoms with Crippen LogP contribution < -0.4 is 0 Å². The monoisotopic (exact) mass is 418 g/mol. The molecule has 0 saturated carbocycles. The molecule has 2 aromatic carbocycles. The molecule has 0 atom stereocenters. The van der Waals surface area contributed by atoms with Gasteiger partial charge in [0.1, 0.15) is 11.5 Å². The average Bonchev–Trinajstić information content (AvgIpc) is 2.80. The highest BCUT2D eigenvalue weighted by atomic mass is 19.1. The molecule has 1 aliphatic heterocycles. The average molecular weight is 418 g/mol. The van der Waals surface area contributed by atoms with Crippen LogP contribution in [0.4, 0.5) is 15.8 Å². The van der Waals surface area contributed by atoms with Gasteiger partial charge in [0.2, 0.25) is 0 Å². The summed E-state index contributed by atoms with van der Waals surface area (Å²) in [6.45, 7) is 1.15. The molecule has 0 fully saturated rings. The molecule has 31 heavy (non-hydrogen) atoms. The highest BCUT2D eigenvalue weighted by Gasteiger charge is 2.15. The van der Waals surface area contributed by atoms with E-state index in [-0.39, 0.29) is 30.0 Å². The lowest BCUT2D eigenvalue weighted by atomic mass is 10.0. The van der Waals surface area contributed by atoms with Gasteiger partial charge in [-0.2, -0.15) is 0 Å². The molecule has 2 aromatic rings. The molecule has 158 valence electrons. The van der Waals surface area contributed by atoms with Crippen LogP contribution in [0.3, 0.4) is 0 Å². The molecule has 6 nitrogen and oxygen atoms in total. The molecular formula is C24H23FN4O2. The maximum absolute atomic E-state index is 14.4. The highest BCUT2D eigenvalue weighted by molar-refractivity contribution is 6.68. The predicted octanol–water partition coefficient (Wildman–Crippen LogP) is 5.12. The Morgan fingerprint density at radius 2 is 1.97 bits per heavy atom. The molecule has 3 rings (SSSR count). The van der Waals surface area contributed by atoms with E-state index in [2.05, 4.69) is 9.98 Å². The maximum atomic E-state index is 14.4. The fourth-order valence-corrected chi connectivity index (χ4v) is 3.05. The van der Waals surface area contributed by atoms with Crippen LogP contribution in [0.25, 0.3) is 5.57 Å². The van der Waals surface area contributed by atoms with Gasteiger partial charge in [-0.1, -0.05) is 30.3 Å². The van der Waals surface area contributed by atoms with E-state index in [9.17, 15) is 9.18 Å². The lowest BCUT2D eigenvalue weighted by Crippen LogP contribution is -2.23. The summed E-state index contributed by atoms with van der Waals surface area (Å²) in [5.74, 6) is -0.969. The third-order valence-electron chi connectivity index (χ3n) is 4.67. The number of carbonyl (C=O) groups excluding carboxylic acids is 1. The van der Waals surface area contributed by atoms with E-state index >= 15 is 0 Å². The van der Waals surface area contributed by atoms with Crippen molar-refractivity contribution in [2.24, 2.45) is 9.98 Å². The molecule has 0 aliphatic carbocycles. The number of hydrogen-bond acceptors (Lipinski definition) is 6. The van der Waals surface area contributed by atoms with E-state index in [0.29, 0.717) is 18.9 Å². The van der Waals surface area contributed by atoms with Crippen molar-refractivity contribution in [2.75, 3.05) is 13.2 Å². The van der Waals surface area contributed by atoms with Crippen LogP contribution in [0, 0.1) is 16.6 Å². The Morgan fingerprint density at radius 3 is 2.65 bits per heavy atom. The summed E-state index contributed by atoms with van der Waals surface area (Å²) in [6, 6.07) is 13.8. The summed E-state index contributed by atoms with van der Waals surface area (Å²) >= 11 is 0. The van der Waals surface area contributed by atoms with Gasteiger partial charge in [-0.3, -0.25) is 20.2 Å². The molecule has 1 heterocycles. The molecule has 0 bridgehead atoms. The number of para-hydroxylation sites is 1. The minimum Gasteiger partial charge on any atom is -0.377 e. The second kappa shape index (κ2) is 11.0. The Morgan fingerprint density at radius 1 is 1.16 bits per heavy atom. The topological polar surface area (TPSA) is 98.7 Å². The minimum absolute atomic E-state index is 0.0770. The van der Waals surface area contributed by atoms with Crippen LogP contribution in [-0.4, -0.2) is 42.8 Å². The lowest BCUT2D eigenvalue weighted by Gasteiger charge is -2.14. The first-order chi connectivity index (χ1) is 15.1. The van der Waals surface area contributed by atoms with E-state index in [1.807, 2.05) is 12.1 Å². The number of rotatable bonds is 9. The Hall–Kier alpha value is -3.58. The molecule has 0 spiro atoms. The number of nitrogens with one attached hydrogen (secondary N) is 2. The molecule has 0 radical (unpaired) electrons. The normalized spacial score (nSPS) is 14.4. The Labute approximate surface area is 180 Å². The number of carbonyl (C=O) groups is 1. The smallest absolute Gasteiger partial charge is 0.187 e. The number of Topliss-reactive ketones (excluding diaryl/α,β-unsaturated/α-hetero) is 1. The van der Waals surface area contributed by atoms with Gasteiger partial charge < -0.3 is 10.1 Å². The van der Waals surface area contributed by atoms with E-state index in [0.717, 1.165) is 23.8 Å². The van der Waals surface area contributed by atoms with Crippen molar-refractivity contribution in [1.29, 1.82) is 10.8 Å². The predicted molar refractivity (Wildman–Crippen MR) is 122 cm³/mol. The SMILES string of the molecule is N=CCC(=Nc1ccccc1)C(=N)C(=O)CC=Nc1ccc(C2=CCOCC2)cc1F. The van der Waals surface area contributed by atoms with Crippen LogP contribution >= 0.6 is 0 Å². The molecule has 0 saturated heterocycles. The first kappa shape index (κ1) is 22.1. The van der Waals surface area contributed by atoms with Gasteiger partial charge in [-0.15, -0.1) is 0 Å². The zero-order valence-electron chi connectivity index (χ0n) is 17.0. The lowest BCUT2D eigenvalue weighted by molar-refractivity contribution is -0.111. The standard InChI is InChI=1S/C24H23FN4O2/c25-20-16-18(17-10-14-31-15-11-17)6-7-21(20)28-13-9-23(30)24(27)22(8-12-26)29-19-4-2-1-3-5-19/h1-7,10,12-13,16,26-27H,8-9,11,14-15H2. The van der Waals surface area contributed by atoms with Gasteiger partial charge in [0, 0.05) is 25.3 Å². The van der Waals surface area contributed by atoms with E-state index in [1.54, 1.807) is 36.4 Å². The third kappa shape index (κ3) is 6.20. The summed E-state index contributed by atoms with van der Waals surface area (Å²) in [7, 11) is 0. The van der Waals surface area contributed by atoms with Gasteiger partial charge in [-0.25, -0.2) is 4.39 Å². The maximum Gasteiger partial charge on any atom is 0.187 e. The fourth-order valence-electron chi connectivity index (χ4n) is 3.05. The fraction of sp³-hybridized carbons (Fsp3) is 0.208. The van der Waals surface area contributed by atoms with Crippen LogP contribution in [0.15, 0.2) is 64.6 Å². The zero-order chi connectivity index (χ0) is 22.1. The van der Waals surface area contributed by atoms with Gasteiger partial charge >= 0.3 is 0 Å². The van der Waals surface area contributed by atoms with Crippen molar-refractivity contribution in [3.63, 3.8) is 0 Å². The number of halogens is 1. The van der Waals surface area contributed by atoms with Crippen LogP contribution in [0.1, 0.15) is 24.8 Å². The van der Waals surface area contributed by atoms with E-state index < -0.39 is 11.6 Å². The zero-order valence-corrected chi connectivity index (χ0v) is 17.0. The molecule has 0 amide bonds. The highest BCUT2D eigenvalue weighted by Crippen LogP contribution is 2.26. The number of benzene rings is 2. The second-order valence-electron chi connectivity index (χ2n) is 6.84. The van der Waals surface area contributed by atoms with Crippen molar-refractivity contribution in [3.8, 4) is 0 Å². The molecular weight excluding hydrogens is 395 g/mol. The molecule has 0 unspecified atom stereocenters. The summed E-state index contributed by atoms with van der Waals surface area (Å²) in [4.78, 5) is 20.8. The summed E-state index contributed by atoms with van der Waals surface area (Å²) < 4.78 is 19.7. The van der Waals surface area contributed by atoms with Crippen molar-refractivity contribution in [3.05, 3.63) is 66.0 Å². The van der Waals surface area contributed by atoms with Gasteiger partial charge in [-0.05, 0) is 41.8 Å². The molecule has 0 aromatic heterocycles.